The molecule has 5 heteroatoms. The lowest BCUT2D eigenvalue weighted by atomic mass is 10.1. The predicted octanol–water partition coefficient (Wildman–Crippen LogP) is 3.59. The molecule has 0 saturated heterocycles. The molecule has 0 radical (unpaired) electrons. The molecule has 0 fully saturated rings. The van der Waals surface area contributed by atoms with Crippen LogP contribution in [0.2, 0.25) is 0 Å². The number of aryl methyl sites for hydroxylation is 1. The van der Waals surface area contributed by atoms with Crippen LogP contribution in [0.1, 0.15) is 27.9 Å². The van der Waals surface area contributed by atoms with E-state index >= 15 is 0 Å². The zero-order valence-electron chi connectivity index (χ0n) is 13.3. The van der Waals surface area contributed by atoms with Crippen molar-refractivity contribution in [3.05, 3.63) is 71.6 Å². The molecule has 2 aromatic rings. The molecule has 1 aliphatic heterocycles. The fourth-order valence-corrected chi connectivity index (χ4v) is 2.68. The maximum absolute atomic E-state index is 13.5. The smallest absolute Gasteiger partial charge is 0.258 e. The molecule has 122 valence electrons. The number of anilines is 1. The largest absolute Gasteiger partial charge is 0.326 e. The van der Waals surface area contributed by atoms with E-state index in [1.54, 1.807) is 31.2 Å². The van der Waals surface area contributed by atoms with Crippen molar-refractivity contribution in [2.45, 2.75) is 13.3 Å². The summed E-state index contributed by atoms with van der Waals surface area (Å²) in [5.74, 6) is -0.800. The maximum atomic E-state index is 13.5. The van der Waals surface area contributed by atoms with E-state index in [2.05, 4.69) is 11.9 Å². The third-order valence-corrected chi connectivity index (χ3v) is 4.06. The van der Waals surface area contributed by atoms with E-state index in [1.165, 1.54) is 11.0 Å². The lowest BCUT2D eigenvalue weighted by molar-refractivity contribution is -0.116. The molecule has 0 aromatic heterocycles. The van der Waals surface area contributed by atoms with Crippen LogP contribution < -0.4 is 5.32 Å². The van der Waals surface area contributed by atoms with Gasteiger partial charge in [0.05, 0.1) is 0 Å². The number of amides is 2. The summed E-state index contributed by atoms with van der Waals surface area (Å²) in [7, 11) is 0. The summed E-state index contributed by atoms with van der Waals surface area (Å²) in [6, 6.07) is 11.8. The molecule has 0 aliphatic carbocycles. The first-order chi connectivity index (χ1) is 11.5. The molecular weight excluding hydrogens is 307 g/mol. The minimum Gasteiger partial charge on any atom is -0.326 e. The van der Waals surface area contributed by atoms with Crippen molar-refractivity contribution in [1.29, 1.82) is 0 Å². The molecule has 2 amide bonds. The number of halogens is 1. The van der Waals surface area contributed by atoms with Gasteiger partial charge in [-0.05, 0) is 30.7 Å². The van der Waals surface area contributed by atoms with Gasteiger partial charge in [-0.2, -0.15) is 0 Å². The highest BCUT2D eigenvalue weighted by Gasteiger charge is 2.30. The van der Waals surface area contributed by atoms with Crippen LogP contribution in [0, 0.1) is 12.7 Å². The van der Waals surface area contributed by atoms with Crippen LogP contribution in [0.5, 0.6) is 0 Å². The SMILES string of the molecule is C=C1c2ccccc2C(=O)N1CCC(=O)Nc1ccc(C)c(F)c1. The highest BCUT2D eigenvalue weighted by atomic mass is 19.1. The molecule has 0 bridgehead atoms. The fourth-order valence-electron chi connectivity index (χ4n) is 2.68. The zero-order valence-corrected chi connectivity index (χ0v) is 13.3. The number of carbonyl (C=O) groups excluding carboxylic acids is 2. The summed E-state index contributed by atoms with van der Waals surface area (Å²) < 4.78 is 13.5. The van der Waals surface area contributed by atoms with Crippen molar-refractivity contribution in [2.75, 3.05) is 11.9 Å². The number of nitrogens with zero attached hydrogens (tertiary/aromatic N) is 1. The number of hydrogen-bond acceptors (Lipinski definition) is 2. The molecule has 0 saturated carbocycles. The van der Waals surface area contributed by atoms with Crippen molar-refractivity contribution in [1.82, 2.24) is 4.90 Å². The summed E-state index contributed by atoms with van der Waals surface area (Å²) in [5, 5.41) is 2.64. The maximum Gasteiger partial charge on any atom is 0.258 e. The topological polar surface area (TPSA) is 49.4 Å². The second kappa shape index (κ2) is 6.28. The van der Waals surface area contributed by atoms with Gasteiger partial charge in [-0.25, -0.2) is 4.39 Å². The van der Waals surface area contributed by atoms with Crippen LogP contribution >= 0.6 is 0 Å². The molecule has 3 rings (SSSR count). The fraction of sp³-hybridized carbons (Fsp3) is 0.158. The normalized spacial score (nSPS) is 13.2. The third-order valence-electron chi connectivity index (χ3n) is 4.06. The second-order valence-electron chi connectivity index (χ2n) is 5.71. The Hall–Kier alpha value is -2.95. The first-order valence-electron chi connectivity index (χ1n) is 7.63. The number of hydrogen-bond donors (Lipinski definition) is 1. The van der Waals surface area contributed by atoms with E-state index in [-0.39, 0.29) is 30.6 Å². The van der Waals surface area contributed by atoms with Gasteiger partial charge in [0.2, 0.25) is 5.91 Å². The second-order valence-corrected chi connectivity index (χ2v) is 5.71. The summed E-state index contributed by atoms with van der Waals surface area (Å²) in [4.78, 5) is 25.9. The molecule has 1 aliphatic rings. The summed E-state index contributed by atoms with van der Waals surface area (Å²) in [5.41, 5.74) is 2.92. The minimum atomic E-state index is -0.369. The van der Waals surface area contributed by atoms with Gasteiger partial charge in [-0.15, -0.1) is 0 Å². The van der Waals surface area contributed by atoms with Crippen LogP contribution in [0.3, 0.4) is 0 Å². The number of benzene rings is 2. The van der Waals surface area contributed by atoms with Crippen LogP contribution in [0.15, 0.2) is 49.0 Å². The van der Waals surface area contributed by atoms with E-state index in [0.717, 1.165) is 5.56 Å². The van der Waals surface area contributed by atoms with Gasteiger partial charge in [0.25, 0.3) is 5.91 Å². The molecule has 2 aromatic carbocycles. The predicted molar refractivity (Wildman–Crippen MR) is 90.9 cm³/mol. The van der Waals surface area contributed by atoms with E-state index in [1.807, 2.05) is 12.1 Å². The van der Waals surface area contributed by atoms with Crippen LogP contribution in [0.25, 0.3) is 5.70 Å². The highest BCUT2D eigenvalue weighted by Crippen LogP contribution is 2.31. The summed E-state index contributed by atoms with van der Waals surface area (Å²) in [6.45, 7) is 5.82. The van der Waals surface area contributed by atoms with E-state index in [9.17, 15) is 14.0 Å². The number of carbonyl (C=O) groups is 2. The molecule has 1 heterocycles. The summed E-state index contributed by atoms with van der Waals surface area (Å²) in [6.07, 6.45) is 0.105. The Balaban J connectivity index is 1.62. The van der Waals surface area contributed by atoms with Crippen molar-refractivity contribution < 1.29 is 14.0 Å². The Kier molecular flexibility index (Phi) is 4.16. The van der Waals surface area contributed by atoms with Crippen LogP contribution in [-0.2, 0) is 4.79 Å². The van der Waals surface area contributed by atoms with E-state index < -0.39 is 0 Å². The highest BCUT2D eigenvalue weighted by molar-refractivity contribution is 6.09. The molecule has 1 N–H and O–H groups in total. The average molecular weight is 324 g/mol. The molecule has 0 spiro atoms. The Labute approximate surface area is 139 Å². The van der Waals surface area contributed by atoms with Crippen molar-refractivity contribution >= 4 is 23.2 Å². The van der Waals surface area contributed by atoms with Gasteiger partial charge < -0.3 is 10.2 Å². The van der Waals surface area contributed by atoms with Crippen molar-refractivity contribution in [2.24, 2.45) is 0 Å². The lowest BCUT2D eigenvalue weighted by Gasteiger charge is -2.17. The van der Waals surface area contributed by atoms with Gasteiger partial charge in [-0.3, -0.25) is 9.59 Å². The van der Waals surface area contributed by atoms with Crippen LogP contribution in [0.4, 0.5) is 10.1 Å². The number of rotatable bonds is 4. The Morgan fingerprint density at radius 1 is 1.21 bits per heavy atom. The third kappa shape index (κ3) is 2.93. The Bertz CT molecular complexity index is 810. The molecule has 24 heavy (non-hydrogen) atoms. The number of fused-ring (bicyclic) bond motifs is 1. The van der Waals surface area contributed by atoms with Crippen molar-refractivity contribution in [3.63, 3.8) is 0 Å². The van der Waals surface area contributed by atoms with Crippen LogP contribution in [-0.4, -0.2) is 23.3 Å². The molecule has 0 atom stereocenters. The minimum absolute atomic E-state index is 0.105. The molecular formula is C19H17FN2O2. The van der Waals surface area contributed by atoms with Gasteiger partial charge in [0.1, 0.15) is 5.82 Å². The van der Waals surface area contributed by atoms with Gasteiger partial charge >= 0.3 is 0 Å². The first kappa shape index (κ1) is 15.9. The lowest BCUT2D eigenvalue weighted by Crippen LogP contribution is -2.27. The molecule has 0 unspecified atom stereocenters. The van der Waals surface area contributed by atoms with Crippen molar-refractivity contribution in [3.8, 4) is 0 Å². The Morgan fingerprint density at radius 2 is 1.92 bits per heavy atom. The zero-order chi connectivity index (χ0) is 17.3. The van der Waals surface area contributed by atoms with E-state index in [4.69, 9.17) is 0 Å². The first-order valence-corrected chi connectivity index (χ1v) is 7.63. The monoisotopic (exact) mass is 324 g/mol. The average Bonchev–Trinajstić information content (AvgIpc) is 2.81. The van der Waals surface area contributed by atoms with Gasteiger partial charge in [-0.1, -0.05) is 30.8 Å². The quantitative estimate of drug-likeness (QED) is 0.934. The van der Waals surface area contributed by atoms with Gasteiger partial charge in [0, 0.05) is 35.5 Å². The van der Waals surface area contributed by atoms with Gasteiger partial charge in [0.15, 0.2) is 0 Å². The summed E-state index contributed by atoms with van der Waals surface area (Å²) >= 11 is 0. The molecule has 4 nitrogen and oxygen atoms in total. The standard InChI is InChI=1S/C19H17FN2O2/c1-12-7-8-14(11-17(12)20)21-18(23)9-10-22-13(2)15-5-3-4-6-16(15)19(22)24/h3-8,11H,2,9-10H2,1H3,(H,21,23). The number of nitrogens with one attached hydrogen (secondary N) is 1. The van der Waals surface area contributed by atoms with E-state index in [0.29, 0.717) is 22.5 Å². The Morgan fingerprint density at radius 3 is 2.58 bits per heavy atom.